The second-order valence-corrected chi connectivity index (χ2v) is 11.4. The average molecular weight is 574 g/mol. The van der Waals surface area contributed by atoms with E-state index < -0.39 is 0 Å². The van der Waals surface area contributed by atoms with Crippen LogP contribution in [0.25, 0.3) is 54.9 Å². The van der Waals surface area contributed by atoms with Gasteiger partial charge in [-0.2, -0.15) is 0 Å². The summed E-state index contributed by atoms with van der Waals surface area (Å²) in [6, 6.07) is 67.6. The van der Waals surface area contributed by atoms with Gasteiger partial charge >= 0.3 is 0 Å². The molecule has 0 N–H and O–H groups in total. The van der Waals surface area contributed by atoms with Crippen molar-refractivity contribution in [3.63, 3.8) is 0 Å². The number of hydrogen-bond acceptors (Lipinski definition) is 1. The Labute approximate surface area is 264 Å². The molecule has 0 fully saturated rings. The van der Waals surface area contributed by atoms with Gasteiger partial charge in [-0.1, -0.05) is 146 Å². The molecule has 0 radical (unpaired) electrons. The van der Waals surface area contributed by atoms with Crippen LogP contribution < -0.4 is 4.90 Å². The molecule has 0 heterocycles. The first-order valence-electron chi connectivity index (χ1n) is 15.4. The highest BCUT2D eigenvalue weighted by atomic mass is 15.1. The minimum absolute atomic E-state index is 1.12. The van der Waals surface area contributed by atoms with E-state index in [1.807, 2.05) is 0 Å². The molecule has 45 heavy (non-hydrogen) atoms. The molecule has 0 aliphatic carbocycles. The van der Waals surface area contributed by atoms with Gasteiger partial charge in [0, 0.05) is 17.1 Å². The molecule has 0 bridgehead atoms. The molecule has 8 aromatic carbocycles. The zero-order chi connectivity index (χ0) is 30.0. The molecule has 0 amide bonds. The van der Waals surface area contributed by atoms with Crippen LogP contribution in [0.2, 0.25) is 0 Å². The number of rotatable bonds is 6. The summed E-state index contributed by atoms with van der Waals surface area (Å²) in [4.78, 5) is 2.32. The number of fused-ring (bicyclic) bond motifs is 2. The van der Waals surface area contributed by atoms with Gasteiger partial charge in [-0.15, -0.1) is 0 Å². The van der Waals surface area contributed by atoms with Crippen LogP contribution in [0.1, 0.15) is 0 Å². The van der Waals surface area contributed by atoms with E-state index in [0.717, 1.165) is 17.1 Å². The maximum Gasteiger partial charge on any atom is 0.0462 e. The Balaban J connectivity index is 1.17. The van der Waals surface area contributed by atoms with Crippen molar-refractivity contribution in [3.8, 4) is 33.4 Å². The summed E-state index contributed by atoms with van der Waals surface area (Å²) in [5.41, 5.74) is 10.7. The first-order chi connectivity index (χ1) is 22.3. The SMILES string of the molecule is c1ccc(-c2ccc(N(c3ccccc3)c3ccc(-c4ccc(-c5ccc6ccccc6c5)c5ccccc45)cc3)cc2)cc1. The molecule has 0 unspecified atom stereocenters. The fraction of sp³-hybridized carbons (Fsp3) is 0. The Bertz CT molecular complexity index is 2230. The number of anilines is 3. The molecule has 0 aliphatic rings. The van der Waals surface area contributed by atoms with Crippen LogP contribution in [0, 0.1) is 0 Å². The molecular weight excluding hydrogens is 542 g/mol. The number of hydrogen-bond donors (Lipinski definition) is 0. The summed E-state index contributed by atoms with van der Waals surface area (Å²) in [6.07, 6.45) is 0. The van der Waals surface area contributed by atoms with Crippen molar-refractivity contribution in [3.05, 3.63) is 188 Å². The molecule has 1 heteroatoms. The van der Waals surface area contributed by atoms with Crippen LogP contribution in [-0.2, 0) is 0 Å². The smallest absolute Gasteiger partial charge is 0.0462 e. The van der Waals surface area contributed by atoms with Gasteiger partial charge in [0.15, 0.2) is 0 Å². The lowest BCUT2D eigenvalue weighted by atomic mass is 9.91. The number of nitrogens with zero attached hydrogens (tertiary/aromatic N) is 1. The van der Waals surface area contributed by atoms with E-state index in [0.29, 0.717) is 0 Å². The van der Waals surface area contributed by atoms with Crippen LogP contribution in [0.5, 0.6) is 0 Å². The maximum absolute atomic E-state index is 2.32. The van der Waals surface area contributed by atoms with E-state index >= 15 is 0 Å². The van der Waals surface area contributed by atoms with Crippen LogP contribution >= 0.6 is 0 Å². The predicted molar refractivity (Wildman–Crippen MR) is 192 cm³/mol. The minimum Gasteiger partial charge on any atom is -0.311 e. The van der Waals surface area contributed by atoms with Gasteiger partial charge in [0.05, 0.1) is 0 Å². The van der Waals surface area contributed by atoms with Crippen LogP contribution in [0.3, 0.4) is 0 Å². The van der Waals surface area contributed by atoms with Crippen molar-refractivity contribution in [1.82, 2.24) is 0 Å². The van der Waals surface area contributed by atoms with Gasteiger partial charge in [-0.05, 0) is 97.4 Å². The van der Waals surface area contributed by atoms with Gasteiger partial charge in [-0.3, -0.25) is 0 Å². The summed E-state index contributed by atoms with van der Waals surface area (Å²) < 4.78 is 0. The van der Waals surface area contributed by atoms with Crippen molar-refractivity contribution in [2.45, 2.75) is 0 Å². The average Bonchev–Trinajstić information content (AvgIpc) is 3.12. The van der Waals surface area contributed by atoms with E-state index in [-0.39, 0.29) is 0 Å². The zero-order valence-electron chi connectivity index (χ0n) is 24.8. The largest absolute Gasteiger partial charge is 0.311 e. The normalized spacial score (nSPS) is 11.1. The third-order valence-corrected chi connectivity index (χ3v) is 8.67. The highest BCUT2D eigenvalue weighted by Gasteiger charge is 2.14. The highest BCUT2D eigenvalue weighted by molar-refractivity contribution is 6.06. The van der Waals surface area contributed by atoms with Crippen LogP contribution in [0.4, 0.5) is 17.1 Å². The zero-order valence-corrected chi connectivity index (χ0v) is 24.8. The lowest BCUT2D eigenvalue weighted by Gasteiger charge is -2.26. The maximum atomic E-state index is 2.32. The van der Waals surface area contributed by atoms with E-state index in [9.17, 15) is 0 Å². The molecule has 0 atom stereocenters. The molecule has 0 aromatic heterocycles. The molecule has 0 spiro atoms. The third-order valence-electron chi connectivity index (χ3n) is 8.67. The van der Waals surface area contributed by atoms with E-state index in [4.69, 9.17) is 0 Å². The Morgan fingerprint density at radius 1 is 0.267 bits per heavy atom. The van der Waals surface area contributed by atoms with Crippen LogP contribution in [-0.4, -0.2) is 0 Å². The summed E-state index contributed by atoms with van der Waals surface area (Å²) in [6.45, 7) is 0. The Morgan fingerprint density at radius 3 is 1.36 bits per heavy atom. The van der Waals surface area contributed by atoms with Gasteiger partial charge in [0.2, 0.25) is 0 Å². The van der Waals surface area contributed by atoms with Gasteiger partial charge in [-0.25, -0.2) is 0 Å². The highest BCUT2D eigenvalue weighted by Crippen LogP contribution is 2.39. The fourth-order valence-electron chi connectivity index (χ4n) is 6.41. The molecular formula is C44H31N. The molecule has 8 rings (SSSR count). The molecule has 0 saturated carbocycles. The van der Waals surface area contributed by atoms with Gasteiger partial charge < -0.3 is 4.90 Å². The second-order valence-electron chi connectivity index (χ2n) is 11.4. The topological polar surface area (TPSA) is 3.24 Å². The summed E-state index contributed by atoms with van der Waals surface area (Å²) in [5.74, 6) is 0. The summed E-state index contributed by atoms with van der Waals surface area (Å²) >= 11 is 0. The monoisotopic (exact) mass is 573 g/mol. The van der Waals surface area contributed by atoms with E-state index in [1.165, 1.54) is 54.9 Å². The lowest BCUT2D eigenvalue weighted by molar-refractivity contribution is 1.28. The van der Waals surface area contributed by atoms with Crippen molar-refractivity contribution >= 4 is 38.6 Å². The first-order valence-corrected chi connectivity index (χ1v) is 15.4. The number of benzene rings is 8. The molecule has 212 valence electrons. The Morgan fingerprint density at radius 2 is 0.711 bits per heavy atom. The minimum atomic E-state index is 1.12. The van der Waals surface area contributed by atoms with Crippen molar-refractivity contribution in [2.75, 3.05) is 4.90 Å². The van der Waals surface area contributed by atoms with Crippen LogP contribution in [0.15, 0.2) is 188 Å². The van der Waals surface area contributed by atoms with Gasteiger partial charge in [0.1, 0.15) is 0 Å². The Hall–Kier alpha value is -5.92. The Kier molecular flexibility index (Phi) is 6.90. The molecule has 0 aliphatic heterocycles. The van der Waals surface area contributed by atoms with E-state index in [1.54, 1.807) is 0 Å². The summed E-state index contributed by atoms with van der Waals surface area (Å²) in [5, 5.41) is 5.04. The third kappa shape index (κ3) is 5.15. The van der Waals surface area contributed by atoms with Crippen molar-refractivity contribution in [2.24, 2.45) is 0 Å². The van der Waals surface area contributed by atoms with Crippen molar-refractivity contribution in [1.29, 1.82) is 0 Å². The first kappa shape index (κ1) is 26.7. The number of para-hydroxylation sites is 1. The second kappa shape index (κ2) is 11.6. The summed E-state index contributed by atoms with van der Waals surface area (Å²) in [7, 11) is 0. The van der Waals surface area contributed by atoms with Gasteiger partial charge in [0.25, 0.3) is 0 Å². The standard InChI is InChI=1S/C44H31N/c1-3-11-32(12-4-1)34-21-25-39(26-22-34)45(38-15-5-2-6-16-38)40-27-23-35(24-28-40)41-29-30-42(44-18-10-9-17-43(41)44)37-20-19-33-13-7-8-14-36(33)31-37/h1-31H. The lowest BCUT2D eigenvalue weighted by Crippen LogP contribution is -2.09. The van der Waals surface area contributed by atoms with E-state index in [2.05, 4.69) is 193 Å². The molecule has 0 saturated heterocycles. The quantitative estimate of drug-likeness (QED) is 0.191. The fourth-order valence-corrected chi connectivity index (χ4v) is 6.41. The molecule has 1 nitrogen and oxygen atoms in total. The molecule has 8 aromatic rings. The predicted octanol–water partition coefficient (Wildman–Crippen LogP) is 12.5. The van der Waals surface area contributed by atoms with Crippen molar-refractivity contribution < 1.29 is 0 Å².